The third-order valence-corrected chi connectivity index (χ3v) is 12.4. The zero-order chi connectivity index (χ0) is 30.3. The van der Waals surface area contributed by atoms with Gasteiger partial charge in [-0.2, -0.15) is 0 Å². The number of fused-ring (bicyclic) bond motifs is 9. The second-order valence-electron chi connectivity index (χ2n) is 11.7. The molecular formula is C32H24ClN3O6S2. The van der Waals surface area contributed by atoms with Crippen molar-refractivity contribution in [2.75, 3.05) is 4.90 Å². The fraction of sp³-hybridized carbons (Fsp3) is 0.281. The standard InChI is InChI=1S/C32H24ClN3O6S2/c33-16-6-11-22(42-14-15-4-2-1-3-5-15)19(12-16)23-24-20-13-21(27(24)43-29-28(23)44-32(39)34-29)26-25(20)30(37)35(31(26)38)17-7-9-18(10-8-17)36(40)41/h1-12,20-21,23-27H,13-14H2,(H,34,39)/t20?,21?,23-,24?,25?,26?,27?/m1/s1. The molecule has 0 radical (unpaired) electrons. The summed E-state index contributed by atoms with van der Waals surface area (Å²) in [4.78, 5) is 56.3. The number of H-pyrrole nitrogens is 1. The first kappa shape index (κ1) is 27.6. The van der Waals surface area contributed by atoms with E-state index in [9.17, 15) is 24.5 Å². The van der Waals surface area contributed by atoms with E-state index in [0.717, 1.165) is 27.5 Å². The summed E-state index contributed by atoms with van der Waals surface area (Å²) in [7, 11) is 0. The molecule has 1 aromatic heterocycles. The lowest BCUT2D eigenvalue weighted by Gasteiger charge is -2.43. The number of hydrogen-bond donors (Lipinski definition) is 1. The normalized spacial score (nSPS) is 28.1. The van der Waals surface area contributed by atoms with Crippen molar-refractivity contribution < 1.29 is 19.2 Å². The smallest absolute Gasteiger partial charge is 0.305 e. The molecule has 12 heteroatoms. The maximum atomic E-state index is 14.0. The number of anilines is 1. The van der Waals surface area contributed by atoms with Crippen molar-refractivity contribution in [1.82, 2.24) is 4.98 Å². The number of carbonyl (C=O) groups is 2. The maximum Gasteiger partial charge on any atom is 0.305 e. The molecule has 3 heterocycles. The number of nitro groups is 1. The summed E-state index contributed by atoms with van der Waals surface area (Å²) in [5.41, 5.74) is 2.13. The summed E-state index contributed by atoms with van der Waals surface area (Å²) in [6.07, 6.45) is 0.736. The number of carbonyl (C=O) groups excluding carboxylic acids is 2. The highest BCUT2D eigenvalue weighted by Crippen LogP contribution is 2.69. The maximum absolute atomic E-state index is 14.0. The van der Waals surface area contributed by atoms with Gasteiger partial charge in [0.05, 0.1) is 27.5 Å². The number of nitrogens with one attached hydrogen (secondary N) is 1. The number of thiazole rings is 1. The van der Waals surface area contributed by atoms with Gasteiger partial charge in [0.15, 0.2) is 0 Å². The van der Waals surface area contributed by atoms with Gasteiger partial charge >= 0.3 is 4.87 Å². The van der Waals surface area contributed by atoms with Gasteiger partial charge in [-0.05, 0) is 60.1 Å². The van der Waals surface area contributed by atoms with Crippen molar-refractivity contribution in [2.45, 2.75) is 29.2 Å². The van der Waals surface area contributed by atoms with Crippen molar-refractivity contribution in [3.8, 4) is 5.75 Å². The highest BCUT2D eigenvalue weighted by Gasteiger charge is 2.69. The lowest BCUT2D eigenvalue weighted by molar-refractivity contribution is -0.384. The molecule has 8 rings (SSSR count). The molecule has 6 unspecified atom stereocenters. The van der Waals surface area contributed by atoms with Crippen LogP contribution in [0.3, 0.4) is 0 Å². The van der Waals surface area contributed by atoms with E-state index in [0.29, 0.717) is 23.1 Å². The molecule has 4 aromatic rings. The predicted octanol–water partition coefficient (Wildman–Crippen LogP) is 6.25. The van der Waals surface area contributed by atoms with E-state index in [4.69, 9.17) is 16.3 Å². The van der Waals surface area contributed by atoms with Gasteiger partial charge in [-0.3, -0.25) is 29.4 Å². The van der Waals surface area contributed by atoms with Gasteiger partial charge in [0, 0.05) is 38.8 Å². The van der Waals surface area contributed by atoms with Gasteiger partial charge in [-0.25, -0.2) is 0 Å². The average molecular weight is 646 g/mol. The Balaban J connectivity index is 1.19. The number of non-ortho nitro benzene ring substituents is 1. The minimum atomic E-state index is -0.509. The summed E-state index contributed by atoms with van der Waals surface area (Å²) in [6, 6.07) is 21.0. The predicted molar refractivity (Wildman–Crippen MR) is 166 cm³/mol. The van der Waals surface area contributed by atoms with E-state index in [1.54, 1.807) is 17.8 Å². The topological polar surface area (TPSA) is 123 Å². The highest BCUT2D eigenvalue weighted by atomic mass is 35.5. The number of rotatable bonds is 6. The van der Waals surface area contributed by atoms with Gasteiger partial charge < -0.3 is 9.72 Å². The Labute approximate surface area is 264 Å². The van der Waals surface area contributed by atoms with Crippen LogP contribution < -0.4 is 14.5 Å². The molecule has 0 spiro atoms. The second kappa shape index (κ2) is 10.3. The largest absolute Gasteiger partial charge is 0.489 e. The molecule has 2 saturated carbocycles. The molecule has 9 nitrogen and oxygen atoms in total. The zero-order valence-electron chi connectivity index (χ0n) is 22.9. The van der Waals surface area contributed by atoms with Gasteiger partial charge in [0.2, 0.25) is 11.8 Å². The number of benzene rings is 3. The number of aromatic nitrogens is 1. The van der Waals surface area contributed by atoms with Crippen LogP contribution in [0.5, 0.6) is 5.75 Å². The van der Waals surface area contributed by atoms with Gasteiger partial charge in [-0.15, -0.1) is 11.8 Å². The number of thioether (sulfide) groups is 1. The molecule has 1 N–H and O–H groups in total. The van der Waals surface area contributed by atoms with Crippen LogP contribution in [-0.2, 0) is 16.2 Å². The molecule has 4 aliphatic rings. The molecule has 2 amide bonds. The van der Waals surface area contributed by atoms with Crippen LogP contribution in [0, 0.1) is 39.7 Å². The summed E-state index contributed by atoms with van der Waals surface area (Å²) >= 11 is 9.37. The van der Waals surface area contributed by atoms with E-state index in [2.05, 4.69) is 4.98 Å². The van der Waals surface area contributed by atoms with Crippen LogP contribution in [0.2, 0.25) is 5.02 Å². The molecule has 2 aliphatic carbocycles. The van der Waals surface area contributed by atoms with Crippen molar-refractivity contribution in [1.29, 1.82) is 0 Å². The molecule has 2 bridgehead atoms. The Morgan fingerprint density at radius 1 is 0.977 bits per heavy atom. The number of amides is 2. The molecular weight excluding hydrogens is 622 g/mol. The molecule has 222 valence electrons. The van der Waals surface area contributed by atoms with Crippen molar-refractivity contribution >= 4 is 57.9 Å². The van der Waals surface area contributed by atoms with Crippen LogP contribution in [0.1, 0.15) is 28.3 Å². The van der Waals surface area contributed by atoms with Crippen LogP contribution in [-0.4, -0.2) is 27.0 Å². The average Bonchev–Trinajstić information content (AvgIpc) is 3.76. The number of nitro benzene ring substituents is 1. The van der Waals surface area contributed by atoms with Crippen LogP contribution in [0.25, 0.3) is 0 Å². The van der Waals surface area contributed by atoms with Crippen molar-refractivity contribution in [3.63, 3.8) is 0 Å². The van der Waals surface area contributed by atoms with E-state index < -0.39 is 16.8 Å². The van der Waals surface area contributed by atoms with Crippen LogP contribution >= 0.6 is 34.7 Å². The number of aromatic amines is 1. The quantitative estimate of drug-likeness (QED) is 0.149. The molecule has 3 aromatic carbocycles. The lowest BCUT2D eigenvalue weighted by atomic mass is 9.68. The van der Waals surface area contributed by atoms with E-state index in [-0.39, 0.29) is 51.3 Å². The first-order valence-electron chi connectivity index (χ1n) is 14.3. The van der Waals surface area contributed by atoms with E-state index in [1.807, 2.05) is 42.5 Å². The Morgan fingerprint density at radius 2 is 1.70 bits per heavy atom. The molecule has 1 saturated heterocycles. The van der Waals surface area contributed by atoms with Crippen LogP contribution in [0.15, 0.2) is 82.6 Å². The Bertz CT molecular complexity index is 1890. The van der Waals surface area contributed by atoms with E-state index >= 15 is 0 Å². The Kier molecular flexibility index (Phi) is 6.48. The van der Waals surface area contributed by atoms with Crippen molar-refractivity contribution in [3.05, 3.63) is 114 Å². The lowest BCUT2D eigenvalue weighted by Crippen LogP contribution is -2.42. The highest BCUT2D eigenvalue weighted by molar-refractivity contribution is 8.00. The minimum Gasteiger partial charge on any atom is -0.489 e. The third-order valence-electron chi connectivity index (χ3n) is 9.59. The number of hydrogen-bond acceptors (Lipinski definition) is 8. The van der Waals surface area contributed by atoms with E-state index in [1.165, 1.54) is 40.5 Å². The second-order valence-corrected chi connectivity index (χ2v) is 14.3. The summed E-state index contributed by atoms with van der Waals surface area (Å²) in [5.74, 6) is -1.27. The molecule has 7 atom stereocenters. The third kappa shape index (κ3) is 4.17. The number of imide groups is 1. The van der Waals surface area contributed by atoms with Crippen LogP contribution in [0.4, 0.5) is 11.4 Å². The minimum absolute atomic E-state index is 0.00137. The fourth-order valence-corrected chi connectivity index (χ4v) is 11.0. The van der Waals surface area contributed by atoms with Gasteiger partial charge in [0.1, 0.15) is 12.4 Å². The Morgan fingerprint density at radius 3 is 2.43 bits per heavy atom. The monoisotopic (exact) mass is 645 g/mol. The first-order chi connectivity index (χ1) is 21.3. The molecule has 3 fully saturated rings. The number of halogens is 1. The Hall–Kier alpha value is -3.93. The SMILES string of the molecule is O=C1C2C3CC(C2C(=O)N1c1ccc([N+](=O)[O-])cc1)C1C3Sc2[nH]c(=O)sc2[C@@H]1c1cc(Cl)ccc1OCc1ccccc1. The zero-order valence-corrected chi connectivity index (χ0v) is 25.3. The number of ether oxygens (including phenoxy) is 1. The number of nitrogens with zero attached hydrogens (tertiary/aromatic N) is 2. The molecule has 44 heavy (non-hydrogen) atoms. The van der Waals surface area contributed by atoms with Gasteiger partial charge in [-0.1, -0.05) is 53.3 Å². The first-order valence-corrected chi connectivity index (χ1v) is 16.4. The summed E-state index contributed by atoms with van der Waals surface area (Å²) < 4.78 is 6.38. The molecule has 2 aliphatic heterocycles. The fourth-order valence-electron chi connectivity index (χ4n) is 7.97. The van der Waals surface area contributed by atoms with Crippen molar-refractivity contribution in [2.24, 2.45) is 29.6 Å². The van der Waals surface area contributed by atoms with Gasteiger partial charge in [0.25, 0.3) is 5.69 Å². The summed E-state index contributed by atoms with van der Waals surface area (Å²) in [5, 5.41) is 12.5. The summed E-state index contributed by atoms with van der Waals surface area (Å²) in [6.45, 7) is 0.356.